The SMILES string of the molecule is CC(C)(C)NS(=O)(=O)c1ccc(NC(=S)NC(=O)C2CCCCC2)cc1. The Balaban J connectivity index is 1.94. The van der Waals surface area contributed by atoms with E-state index in [1.54, 1.807) is 32.9 Å². The molecule has 8 heteroatoms. The first-order valence-corrected chi connectivity index (χ1v) is 10.7. The molecule has 0 atom stereocenters. The maximum absolute atomic E-state index is 12.3. The van der Waals surface area contributed by atoms with Gasteiger partial charge in [-0.2, -0.15) is 0 Å². The summed E-state index contributed by atoms with van der Waals surface area (Å²) in [5.74, 6) is -0.0183. The normalized spacial score (nSPS) is 16.1. The molecule has 1 amide bonds. The minimum atomic E-state index is -3.58. The van der Waals surface area contributed by atoms with E-state index in [0.717, 1.165) is 25.7 Å². The van der Waals surface area contributed by atoms with Gasteiger partial charge in [-0.15, -0.1) is 0 Å². The van der Waals surface area contributed by atoms with Crippen molar-refractivity contribution in [2.24, 2.45) is 5.92 Å². The molecule has 26 heavy (non-hydrogen) atoms. The summed E-state index contributed by atoms with van der Waals surface area (Å²) in [4.78, 5) is 12.4. The first-order valence-electron chi connectivity index (χ1n) is 8.83. The molecule has 1 fully saturated rings. The standard InChI is InChI=1S/C18H27N3O3S2/c1-18(2,3)21-26(23,24)15-11-9-14(10-12-15)19-17(25)20-16(22)13-7-5-4-6-8-13/h9-13,21H,4-8H2,1-3H3,(H2,19,20,22,25). The lowest BCUT2D eigenvalue weighted by molar-refractivity contribution is -0.124. The van der Waals surface area contributed by atoms with Crippen molar-refractivity contribution in [3.63, 3.8) is 0 Å². The number of rotatable bonds is 4. The van der Waals surface area contributed by atoms with Gasteiger partial charge in [0.2, 0.25) is 15.9 Å². The van der Waals surface area contributed by atoms with Crippen LogP contribution in [0.4, 0.5) is 5.69 Å². The molecule has 1 aliphatic rings. The number of benzene rings is 1. The second-order valence-electron chi connectivity index (χ2n) is 7.66. The highest BCUT2D eigenvalue weighted by Crippen LogP contribution is 2.23. The van der Waals surface area contributed by atoms with Crippen LogP contribution in [0.25, 0.3) is 0 Å². The molecular formula is C18H27N3O3S2. The second-order valence-corrected chi connectivity index (χ2v) is 9.75. The highest BCUT2D eigenvalue weighted by Gasteiger charge is 2.23. The maximum Gasteiger partial charge on any atom is 0.241 e. The van der Waals surface area contributed by atoms with Crippen molar-refractivity contribution in [2.75, 3.05) is 5.32 Å². The Morgan fingerprint density at radius 3 is 2.19 bits per heavy atom. The fourth-order valence-corrected chi connectivity index (χ4v) is 4.56. The van der Waals surface area contributed by atoms with Crippen LogP contribution in [-0.4, -0.2) is 25.0 Å². The Bertz CT molecular complexity index is 747. The predicted molar refractivity (Wildman–Crippen MR) is 107 cm³/mol. The van der Waals surface area contributed by atoms with Crippen LogP contribution < -0.4 is 15.4 Å². The molecule has 1 aromatic carbocycles. The van der Waals surface area contributed by atoms with Gasteiger partial charge in [-0.1, -0.05) is 19.3 Å². The van der Waals surface area contributed by atoms with Gasteiger partial charge in [-0.25, -0.2) is 13.1 Å². The average Bonchev–Trinajstić information content (AvgIpc) is 2.54. The number of thiocarbonyl (C=S) groups is 1. The number of hydrogen-bond acceptors (Lipinski definition) is 4. The van der Waals surface area contributed by atoms with Crippen LogP contribution in [-0.2, 0) is 14.8 Å². The molecule has 3 N–H and O–H groups in total. The molecule has 1 saturated carbocycles. The van der Waals surface area contributed by atoms with Gasteiger partial charge in [0.25, 0.3) is 0 Å². The summed E-state index contributed by atoms with van der Waals surface area (Å²) >= 11 is 5.19. The summed E-state index contributed by atoms with van der Waals surface area (Å²) < 4.78 is 27.2. The van der Waals surface area contributed by atoms with E-state index in [1.165, 1.54) is 18.6 Å². The number of anilines is 1. The highest BCUT2D eigenvalue weighted by atomic mass is 32.2. The fraction of sp³-hybridized carbons (Fsp3) is 0.556. The van der Waals surface area contributed by atoms with Crippen LogP contribution in [0, 0.1) is 5.92 Å². The van der Waals surface area contributed by atoms with Crippen molar-refractivity contribution in [3.05, 3.63) is 24.3 Å². The molecule has 0 spiro atoms. The van der Waals surface area contributed by atoms with Crippen LogP contribution >= 0.6 is 12.2 Å². The Morgan fingerprint density at radius 2 is 1.65 bits per heavy atom. The Labute approximate surface area is 161 Å². The van der Waals surface area contributed by atoms with Gasteiger partial charge in [0.05, 0.1) is 4.90 Å². The highest BCUT2D eigenvalue weighted by molar-refractivity contribution is 7.89. The summed E-state index contributed by atoms with van der Waals surface area (Å²) in [6.45, 7) is 5.36. The molecule has 0 aliphatic heterocycles. The molecular weight excluding hydrogens is 370 g/mol. The zero-order valence-electron chi connectivity index (χ0n) is 15.5. The van der Waals surface area contributed by atoms with Gasteiger partial charge < -0.3 is 10.6 Å². The van der Waals surface area contributed by atoms with Gasteiger partial charge >= 0.3 is 0 Å². The quantitative estimate of drug-likeness (QED) is 0.680. The van der Waals surface area contributed by atoms with Crippen LogP contribution in [0.3, 0.4) is 0 Å². The number of nitrogens with one attached hydrogen (secondary N) is 3. The van der Waals surface area contributed by atoms with E-state index in [1.807, 2.05) is 0 Å². The van der Waals surface area contributed by atoms with Gasteiger partial charge in [0.15, 0.2) is 5.11 Å². The Hall–Kier alpha value is -1.51. The van der Waals surface area contributed by atoms with Gasteiger partial charge in [-0.05, 0) is 70.1 Å². The molecule has 6 nitrogen and oxygen atoms in total. The summed E-state index contributed by atoms with van der Waals surface area (Å²) in [6, 6.07) is 6.25. The Kier molecular flexibility index (Phi) is 6.76. The maximum atomic E-state index is 12.3. The lowest BCUT2D eigenvalue weighted by Gasteiger charge is -2.21. The largest absolute Gasteiger partial charge is 0.332 e. The van der Waals surface area contributed by atoms with Crippen molar-refractivity contribution in [2.45, 2.75) is 63.3 Å². The van der Waals surface area contributed by atoms with Crippen LogP contribution in [0.5, 0.6) is 0 Å². The third-order valence-electron chi connectivity index (χ3n) is 4.08. The lowest BCUT2D eigenvalue weighted by Crippen LogP contribution is -2.40. The fourth-order valence-electron chi connectivity index (χ4n) is 2.92. The van der Waals surface area contributed by atoms with E-state index in [4.69, 9.17) is 12.2 Å². The number of hydrogen-bond donors (Lipinski definition) is 3. The van der Waals surface area contributed by atoms with Crippen LogP contribution in [0.2, 0.25) is 0 Å². The molecule has 2 rings (SSSR count). The minimum Gasteiger partial charge on any atom is -0.332 e. The number of carbonyl (C=O) groups excluding carboxylic acids is 1. The predicted octanol–water partition coefficient (Wildman–Crippen LogP) is 3.16. The average molecular weight is 398 g/mol. The molecule has 0 aromatic heterocycles. The lowest BCUT2D eigenvalue weighted by atomic mass is 9.89. The monoisotopic (exact) mass is 397 g/mol. The van der Waals surface area contributed by atoms with Crippen molar-refractivity contribution in [1.29, 1.82) is 0 Å². The molecule has 0 unspecified atom stereocenters. The topological polar surface area (TPSA) is 87.3 Å². The summed E-state index contributed by atoms with van der Waals surface area (Å²) in [5, 5.41) is 5.87. The smallest absolute Gasteiger partial charge is 0.241 e. The first-order chi connectivity index (χ1) is 12.1. The number of amides is 1. The van der Waals surface area contributed by atoms with Crippen LogP contribution in [0.15, 0.2) is 29.2 Å². The zero-order chi connectivity index (χ0) is 19.4. The molecule has 0 saturated heterocycles. The summed E-state index contributed by atoms with van der Waals surface area (Å²) in [6.07, 6.45) is 5.16. The number of carbonyl (C=O) groups is 1. The second kappa shape index (κ2) is 8.45. The third kappa shape index (κ3) is 6.34. The van der Waals surface area contributed by atoms with E-state index in [-0.39, 0.29) is 21.8 Å². The van der Waals surface area contributed by atoms with Gasteiger partial charge in [-0.3, -0.25) is 4.79 Å². The van der Waals surface area contributed by atoms with E-state index < -0.39 is 15.6 Å². The van der Waals surface area contributed by atoms with Gasteiger partial charge in [0.1, 0.15) is 0 Å². The number of sulfonamides is 1. The summed E-state index contributed by atoms with van der Waals surface area (Å²) in [7, 11) is -3.58. The van der Waals surface area contributed by atoms with Crippen LogP contribution in [0.1, 0.15) is 52.9 Å². The molecule has 0 heterocycles. The van der Waals surface area contributed by atoms with E-state index in [2.05, 4.69) is 15.4 Å². The minimum absolute atomic E-state index is 0.0273. The van der Waals surface area contributed by atoms with Crippen molar-refractivity contribution < 1.29 is 13.2 Å². The van der Waals surface area contributed by atoms with Crippen molar-refractivity contribution in [1.82, 2.24) is 10.0 Å². The summed E-state index contributed by atoms with van der Waals surface area (Å²) in [5.41, 5.74) is 0.0643. The first kappa shape index (κ1) is 20.8. The van der Waals surface area contributed by atoms with E-state index in [9.17, 15) is 13.2 Å². The zero-order valence-corrected chi connectivity index (χ0v) is 17.1. The van der Waals surface area contributed by atoms with Crippen molar-refractivity contribution in [3.8, 4) is 0 Å². The Morgan fingerprint density at radius 1 is 1.08 bits per heavy atom. The van der Waals surface area contributed by atoms with Crippen molar-refractivity contribution >= 4 is 38.9 Å². The van der Waals surface area contributed by atoms with E-state index in [0.29, 0.717) is 5.69 Å². The molecule has 1 aliphatic carbocycles. The molecule has 144 valence electrons. The van der Waals surface area contributed by atoms with Gasteiger partial charge in [0, 0.05) is 17.1 Å². The molecule has 0 radical (unpaired) electrons. The van der Waals surface area contributed by atoms with E-state index >= 15 is 0 Å². The molecule has 0 bridgehead atoms. The molecule has 1 aromatic rings. The third-order valence-corrected chi connectivity index (χ3v) is 6.05.